The van der Waals surface area contributed by atoms with Crippen LogP contribution in [0.2, 0.25) is 0 Å². The second kappa shape index (κ2) is 7.04. The highest BCUT2D eigenvalue weighted by molar-refractivity contribution is 5.84. The quantitative estimate of drug-likeness (QED) is 0.930. The second-order valence-electron chi connectivity index (χ2n) is 7.46. The summed E-state index contributed by atoms with van der Waals surface area (Å²) in [7, 11) is 0. The standard InChI is InChI=1S/C18H30N4O/c1-15(2)16-5-3-12-21(14-6-16)17(23)18(7-10-19-11-8-18)22-13-4-9-20-22/h4,9,13,15-16,19H,3,5-8,10-12,14H2,1-2H3. The van der Waals surface area contributed by atoms with Crippen LogP contribution in [0.3, 0.4) is 0 Å². The number of rotatable bonds is 3. The second-order valence-corrected chi connectivity index (χ2v) is 7.46. The maximum Gasteiger partial charge on any atom is 0.250 e. The fourth-order valence-electron chi connectivity index (χ4n) is 4.19. The molecule has 128 valence electrons. The van der Waals surface area contributed by atoms with Gasteiger partial charge in [0.05, 0.1) is 0 Å². The van der Waals surface area contributed by atoms with Gasteiger partial charge in [0.15, 0.2) is 0 Å². The highest BCUT2D eigenvalue weighted by atomic mass is 16.2. The molecule has 0 radical (unpaired) electrons. The van der Waals surface area contributed by atoms with E-state index in [0.717, 1.165) is 57.8 Å². The van der Waals surface area contributed by atoms with Crippen LogP contribution in [-0.4, -0.2) is 46.8 Å². The third-order valence-electron chi connectivity index (χ3n) is 5.77. The number of carbonyl (C=O) groups is 1. The van der Waals surface area contributed by atoms with Crippen LogP contribution in [0.5, 0.6) is 0 Å². The van der Waals surface area contributed by atoms with Crippen molar-refractivity contribution in [2.24, 2.45) is 11.8 Å². The van der Waals surface area contributed by atoms with Crippen LogP contribution >= 0.6 is 0 Å². The number of amides is 1. The molecule has 5 nitrogen and oxygen atoms in total. The van der Waals surface area contributed by atoms with Crippen molar-refractivity contribution in [3.05, 3.63) is 18.5 Å². The van der Waals surface area contributed by atoms with Gasteiger partial charge in [0.2, 0.25) is 0 Å². The first-order chi connectivity index (χ1) is 11.1. The molecule has 0 saturated carbocycles. The van der Waals surface area contributed by atoms with E-state index in [1.165, 1.54) is 6.42 Å². The average molecular weight is 318 g/mol. The molecule has 0 aliphatic carbocycles. The molecule has 3 rings (SSSR count). The molecule has 5 heteroatoms. The van der Waals surface area contributed by atoms with Gasteiger partial charge in [-0.15, -0.1) is 0 Å². The molecule has 1 atom stereocenters. The summed E-state index contributed by atoms with van der Waals surface area (Å²) in [6.45, 7) is 8.18. The molecule has 2 fully saturated rings. The summed E-state index contributed by atoms with van der Waals surface area (Å²) in [4.78, 5) is 15.6. The van der Waals surface area contributed by atoms with Crippen LogP contribution in [0.4, 0.5) is 0 Å². The maximum atomic E-state index is 13.4. The van der Waals surface area contributed by atoms with E-state index in [4.69, 9.17) is 0 Å². The Balaban J connectivity index is 1.79. The monoisotopic (exact) mass is 318 g/mol. The van der Waals surface area contributed by atoms with Gasteiger partial charge < -0.3 is 10.2 Å². The van der Waals surface area contributed by atoms with Crippen molar-refractivity contribution in [2.45, 2.75) is 51.5 Å². The first-order valence-corrected chi connectivity index (χ1v) is 9.14. The number of nitrogens with one attached hydrogen (secondary N) is 1. The Bertz CT molecular complexity index is 505. The Hall–Kier alpha value is -1.36. The number of hydrogen-bond acceptors (Lipinski definition) is 3. The van der Waals surface area contributed by atoms with Gasteiger partial charge in [0, 0.05) is 25.5 Å². The molecule has 1 amide bonds. The number of likely N-dealkylation sites (tertiary alicyclic amines) is 1. The van der Waals surface area contributed by atoms with Gasteiger partial charge in [-0.2, -0.15) is 5.10 Å². The van der Waals surface area contributed by atoms with Crippen molar-refractivity contribution < 1.29 is 4.79 Å². The predicted molar refractivity (Wildman–Crippen MR) is 91.1 cm³/mol. The molecule has 23 heavy (non-hydrogen) atoms. The lowest BCUT2D eigenvalue weighted by molar-refractivity contribution is -0.143. The SMILES string of the molecule is CC(C)C1CCCN(C(=O)C2(n3cccn3)CCNCC2)CC1. The van der Waals surface area contributed by atoms with Crippen molar-refractivity contribution in [1.82, 2.24) is 20.0 Å². The smallest absolute Gasteiger partial charge is 0.250 e. The summed E-state index contributed by atoms with van der Waals surface area (Å²) in [5.74, 6) is 1.75. The Kier molecular flexibility index (Phi) is 5.05. The Morgan fingerprint density at radius 3 is 2.70 bits per heavy atom. The highest BCUT2D eigenvalue weighted by Crippen LogP contribution is 2.32. The van der Waals surface area contributed by atoms with Crippen LogP contribution in [0.15, 0.2) is 18.5 Å². The molecule has 1 N–H and O–H groups in total. The van der Waals surface area contributed by atoms with E-state index in [2.05, 4.69) is 29.2 Å². The molecule has 1 unspecified atom stereocenters. The van der Waals surface area contributed by atoms with Crippen LogP contribution < -0.4 is 5.32 Å². The van der Waals surface area contributed by atoms with Crippen molar-refractivity contribution in [3.8, 4) is 0 Å². The number of aromatic nitrogens is 2. The van der Waals surface area contributed by atoms with Crippen molar-refractivity contribution >= 4 is 5.91 Å². The zero-order valence-corrected chi connectivity index (χ0v) is 14.5. The normalized spacial score (nSPS) is 25.3. The molecule has 0 bridgehead atoms. The van der Waals surface area contributed by atoms with E-state index >= 15 is 0 Å². The van der Waals surface area contributed by atoms with E-state index in [0.29, 0.717) is 5.92 Å². The van der Waals surface area contributed by atoms with Gasteiger partial charge in [-0.3, -0.25) is 9.48 Å². The van der Waals surface area contributed by atoms with Crippen LogP contribution in [-0.2, 0) is 10.3 Å². The van der Waals surface area contributed by atoms with Crippen molar-refractivity contribution in [1.29, 1.82) is 0 Å². The summed E-state index contributed by atoms with van der Waals surface area (Å²) in [6.07, 6.45) is 8.91. The summed E-state index contributed by atoms with van der Waals surface area (Å²) in [5.41, 5.74) is -0.480. The Labute approximate surface area is 139 Å². The van der Waals surface area contributed by atoms with Gasteiger partial charge in [-0.05, 0) is 63.1 Å². The van der Waals surface area contributed by atoms with Gasteiger partial charge in [-0.1, -0.05) is 13.8 Å². The van der Waals surface area contributed by atoms with Crippen molar-refractivity contribution in [3.63, 3.8) is 0 Å². The molecule has 2 aliphatic rings. The first-order valence-electron chi connectivity index (χ1n) is 9.14. The number of piperidine rings is 1. The van der Waals surface area contributed by atoms with Gasteiger partial charge >= 0.3 is 0 Å². The number of carbonyl (C=O) groups excluding carboxylic acids is 1. The molecule has 3 heterocycles. The predicted octanol–water partition coefficient (Wildman–Crippen LogP) is 2.25. The summed E-state index contributed by atoms with van der Waals surface area (Å²) in [6, 6.07) is 1.92. The highest BCUT2D eigenvalue weighted by Gasteiger charge is 2.44. The minimum atomic E-state index is -0.480. The van der Waals surface area contributed by atoms with E-state index in [1.54, 1.807) is 6.20 Å². The number of nitrogens with zero attached hydrogens (tertiary/aromatic N) is 3. The minimum absolute atomic E-state index is 0.284. The van der Waals surface area contributed by atoms with Crippen molar-refractivity contribution in [2.75, 3.05) is 26.2 Å². The molecule has 0 aromatic carbocycles. The van der Waals surface area contributed by atoms with E-state index < -0.39 is 5.54 Å². The fourth-order valence-corrected chi connectivity index (χ4v) is 4.19. The summed E-state index contributed by atoms with van der Waals surface area (Å²) in [5, 5.41) is 7.82. The van der Waals surface area contributed by atoms with Gasteiger partial charge in [0.25, 0.3) is 5.91 Å². The molecule has 2 saturated heterocycles. The summed E-state index contributed by atoms with van der Waals surface area (Å²) < 4.78 is 1.92. The molecule has 2 aliphatic heterocycles. The van der Waals surface area contributed by atoms with Crippen LogP contribution in [0.25, 0.3) is 0 Å². The molecule has 1 aromatic rings. The van der Waals surface area contributed by atoms with E-state index in [-0.39, 0.29) is 5.91 Å². The Morgan fingerprint density at radius 2 is 2.04 bits per heavy atom. The first kappa shape index (κ1) is 16.5. The lowest BCUT2D eigenvalue weighted by Crippen LogP contribution is -2.56. The van der Waals surface area contributed by atoms with Gasteiger partial charge in [0.1, 0.15) is 5.54 Å². The minimum Gasteiger partial charge on any atom is -0.341 e. The zero-order chi connectivity index (χ0) is 16.3. The topological polar surface area (TPSA) is 50.2 Å². The van der Waals surface area contributed by atoms with E-state index in [1.807, 2.05) is 16.9 Å². The third kappa shape index (κ3) is 3.30. The fraction of sp³-hybridized carbons (Fsp3) is 0.778. The van der Waals surface area contributed by atoms with Crippen LogP contribution in [0.1, 0.15) is 46.0 Å². The van der Waals surface area contributed by atoms with E-state index in [9.17, 15) is 4.79 Å². The average Bonchev–Trinajstić information content (AvgIpc) is 2.99. The molecule has 0 spiro atoms. The van der Waals surface area contributed by atoms with Crippen LogP contribution in [0, 0.1) is 11.8 Å². The molecule has 1 aromatic heterocycles. The number of hydrogen-bond donors (Lipinski definition) is 1. The largest absolute Gasteiger partial charge is 0.341 e. The Morgan fingerprint density at radius 1 is 1.26 bits per heavy atom. The summed E-state index contributed by atoms with van der Waals surface area (Å²) >= 11 is 0. The maximum absolute atomic E-state index is 13.4. The lowest BCUT2D eigenvalue weighted by Gasteiger charge is -2.40. The third-order valence-corrected chi connectivity index (χ3v) is 5.77. The molecular formula is C18H30N4O. The lowest BCUT2D eigenvalue weighted by atomic mass is 9.86. The molecular weight excluding hydrogens is 288 g/mol. The zero-order valence-electron chi connectivity index (χ0n) is 14.5. The van der Waals surface area contributed by atoms with Gasteiger partial charge in [-0.25, -0.2) is 0 Å².